The number of hydrogen-bond acceptors (Lipinski definition) is 7. The van der Waals surface area contributed by atoms with Crippen molar-refractivity contribution in [3.63, 3.8) is 0 Å². The highest BCUT2D eigenvalue weighted by Gasteiger charge is 2.36. The van der Waals surface area contributed by atoms with Crippen molar-refractivity contribution in [1.82, 2.24) is 14.9 Å². The highest BCUT2D eigenvalue weighted by molar-refractivity contribution is 5.90. The van der Waals surface area contributed by atoms with Crippen LogP contribution in [0, 0.1) is 12.8 Å². The van der Waals surface area contributed by atoms with Crippen molar-refractivity contribution in [2.24, 2.45) is 5.92 Å². The first-order valence-electron chi connectivity index (χ1n) is 12.4. The first-order valence-corrected chi connectivity index (χ1v) is 12.4. The second-order valence-electron chi connectivity index (χ2n) is 9.65. The monoisotopic (exact) mass is 522 g/mol. The summed E-state index contributed by atoms with van der Waals surface area (Å²) in [6, 6.07) is 6.80. The molecule has 2 aliphatic heterocycles. The van der Waals surface area contributed by atoms with E-state index in [1.54, 1.807) is 25.1 Å². The van der Waals surface area contributed by atoms with Crippen molar-refractivity contribution in [3.8, 4) is 11.3 Å². The van der Waals surface area contributed by atoms with Crippen molar-refractivity contribution in [3.05, 3.63) is 29.8 Å². The molecular weight excluding hydrogens is 489 g/mol. The Balaban J connectivity index is 1.54. The van der Waals surface area contributed by atoms with Gasteiger partial charge in [-0.3, -0.25) is 0 Å². The number of amides is 2. The number of carbonyl (C=O) groups excluding carboxylic acids is 1. The second kappa shape index (κ2) is 11.5. The van der Waals surface area contributed by atoms with E-state index in [2.05, 4.69) is 15.6 Å². The number of benzene rings is 1. The summed E-state index contributed by atoms with van der Waals surface area (Å²) >= 11 is 0. The van der Waals surface area contributed by atoms with Gasteiger partial charge in [-0.1, -0.05) is 6.07 Å². The van der Waals surface area contributed by atoms with E-state index in [0.717, 1.165) is 11.1 Å². The number of halogens is 3. The van der Waals surface area contributed by atoms with Crippen molar-refractivity contribution in [1.29, 1.82) is 0 Å². The molecule has 1 unspecified atom stereocenters. The lowest BCUT2D eigenvalue weighted by Gasteiger charge is -2.27. The summed E-state index contributed by atoms with van der Waals surface area (Å²) < 4.78 is 43.6. The third-order valence-electron chi connectivity index (χ3n) is 6.44. The predicted octanol–water partition coefficient (Wildman–Crippen LogP) is 3.89. The summed E-state index contributed by atoms with van der Waals surface area (Å²) in [5.74, 6) is 0.524. The predicted molar refractivity (Wildman–Crippen MR) is 135 cm³/mol. The fourth-order valence-corrected chi connectivity index (χ4v) is 4.51. The molecule has 2 aliphatic rings. The molecule has 0 spiro atoms. The lowest BCUT2D eigenvalue weighted by molar-refractivity contribution is -0.143. The molecule has 2 fully saturated rings. The van der Waals surface area contributed by atoms with Gasteiger partial charge in [0.15, 0.2) is 0 Å². The Kier molecular flexibility index (Phi) is 8.38. The third-order valence-corrected chi connectivity index (χ3v) is 6.44. The maximum Gasteiger partial charge on any atom is 0.389 e. The molecule has 2 saturated heterocycles. The minimum atomic E-state index is -4.23. The van der Waals surface area contributed by atoms with Gasteiger partial charge in [-0.05, 0) is 43.9 Å². The number of urea groups is 1. The molecule has 37 heavy (non-hydrogen) atoms. The summed E-state index contributed by atoms with van der Waals surface area (Å²) in [5, 5.41) is 15.7. The van der Waals surface area contributed by atoms with Crippen LogP contribution in [0.15, 0.2) is 24.3 Å². The van der Waals surface area contributed by atoms with Crippen molar-refractivity contribution in [2.45, 2.75) is 39.0 Å². The molecule has 12 heteroatoms. The van der Waals surface area contributed by atoms with Gasteiger partial charge >= 0.3 is 12.2 Å². The van der Waals surface area contributed by atoms with E-state index < -0.39 is 30.7 Å². The number of morpholine rings is 1. The molecule has 0 aliphatic carbocycles. The molecule has 2 atom stereocenters. The van der Waals surface area contributed by atoms with E-state index in [-0.39, 0.29) is 6.54 Å². The number of likely N-dealkylation sites (tertiary alicyclic amines) is 1. The van der Waals surface area contributed by atoms with Crippen molar-refractivity contribution >= 4 is 23.5 Å². The summed E-state index contributed by atoms with van der Waals surface area (Å²) in [4.78, 5) is 25.6. The molecule has 3 N–H and O–H groups in total. The maximum absolute atomic E-state index is 12.8. The maximum atomic E-state index is 12.8. The highest BCUT2D eigenvalue weighted by atomic mass is 19.4. The Morgan fingerprint density at radius 2 is 1.97 bits per heavy atom. The summed E-state index contributed by atoms with van der Waals surface area (Å²) in [6.07, 6.45) is -5.34. The first kappa shape index (κ1) is 26.9. The number of nitrogens with zero attached hydrogens (tertiary/aromatic N) is 4. The van der Waals surface area contributed by atoms with E-state index >= 15 is 0 Å². The Morgan fingerprint density at radius 1 is 1.22 bits per heavy atom. The zero-order valence-electron chi connectivity index (χ0n) is 21.0. The Hall–Kier alpha value is -3.12. The Labute approximate surface area is 214 Å². The minimum Gasteiger partial charge on any atom is -0.392 e. The number of carbonyl (C=O) groups is 1. The van der Waals surface area contributed by atoms with Crippen LogP contribution in [0.1, 0.15) is 25.3 Å². The number of aryl methyl sites for hydroxylation is 1. The smallest absolute Gasteiger partial charge is 0.389 e. The van der Waals surface area contributed by atoms with E-state index in [9.17, 15) is 23.1 Å². The van der Waals surface area contributed by atoms with Crippen LogP contribution < -0.4 is 15.5 Å². The van der Waals surface area contributed by atoms with E-state index in [1.807, 2.05) is 17.9 Å². The molecule has 1 aromatic carbocycles. The number of ether oxygens (including phenoxy) is 1. The fourth-order valence-electron chi connectivity index (χ4n) is 4.51. The van der Waals surface area contributed by atoms with Crippen molar-refractivity contribution < 1.29 is 27.8 Å². The average Bonchev–Trinajstić information content (AvgIpc) is 3.31. The topological polar surface area (TPSA) is 103 Å². The number of hydrogen-bond donors (Lipinski definition) is 3. The Bertz CT molecular complexity index is 1090. The minimum absolute atomic E-state index is 0.0805. The van der Waals surface area contributed by atoms with Crippen LogP contribution in [0.4, 0.5) is 35.4 Å². The number of anilines is 3. The molecule has 9 nitrogen and oxygen atoms in total. The summed E-state index contributed by atoms with van der Waals surface area (Å²) in [6.45, 7) is 6.76. The summed E-state index contributed by atoms with van der Waals surface area (Å²) in [7, 11) is 0. The molecule has 202 valence electrons. The van der Waals surface area contributed by atoms with Gasteiger partial charge in [-0.15, -0.1) is 0 Å². The molecule has 2 aromatic rings. The van der Waals surface area contributed by atoms with E-state index in [1.165, 1.54) is 4.90 Å². The van der Waals surface area contributed by atoms with Gasteiger partial charge in [0.2, 0.25) is 5.95 Å². The second-order valence-corrected chi connectivity index (χ2v) is 9.65. The normalized spacial score (nSPS) is 19.1. The Morgan fingerprint density at radius 3 is 2.68 bits per heavy atom. The number of rotatable bonds is 7. The first-order chi connectivity index (χ1) is 17.6. The molecule has 3 heterocycles. The van der Waals surface area contributed by atoms with Crippen LogP contribution in [0.3, 0.4) is 0 Å². The lowest BCUT2D eigenvalue weighted by atomic mass is 10.0. The number of aromatic nitrogens is 2. The van der Waals surface area contributed by atoms with E-state index in [0.29, 0.717) is 69.0 Å². The zero-order chi connectivity index (χ0) is 26.6. The molecule has 2 amide bonds. The number of alkyl halides is 3. The molecule has 0 saturated carbocycles. The van der Waals surface area contributed by atoms with Gasteiger partial charge < -0.3 is 30.3 Å². The largest absolute Gasteiger partial charge is 0.392 e. The van der Waals surface area contributed by atoms with Gasteiger partial charge in [-0.25, -0.2) is 9.78 Å². The lowest BCUT2D eigenvalue weighted by Crippen LogP contribution is -2.37. The van der Waals surface area contributed by atoms with Crippen LogP contribution in [-0.2, 0) is 4.74 Å². The van der Waals surface area contributed by atoms with Gasteiger partial charge in [-0.2, -0.15) is 18.2 Å². The number of nitrogens with one attached hydrogen (secondary N) is 2. The average molecular weight is 523 g/mol. The van der Waals surface area contributed by atoms with Crippen LogP contribution in [-0.4, -0.2) is 84.2 Å². The molecule has 1 aromatic heterocycles. The fraction of sp³-hybridized carbons (Fsp3) is 0.560. The molecule has 0 bridgehead atoms. The van der Waals surface area contributed by atoms with Gasteiger partial charge in [0.1, 0.15) is 5.82 Å². The number of aliphatic hydroxyl groups is 1. The van der Waals surface area contributed by atoms with Gasteiger partial charge in [0, 0.05) is 56.5 Å². The number of aliphatic hydroxyl groups excluding tert-OH is 1. The summed E-state index contributed by atoms with van der Waals surface area (Å²) in [5.41, 5.74) is 2.88. The molecule has 0 radical (unpaired) electrons. The highest BCUT2D eigenvalue weighted by Crippen LogP contribution is 2.32. The third kappa shape index (κ3) is 7.45. The van der Waals surface area contributed by atoms with E-state index in [4.69, 9.17) is 9.72 Å². The molecule has 4 rings (SSSR count). The van der Waals surface area contributed by atoms with Crippen LogP contribution in [0.5, 0.6) is 0 Å². The van der Waals surface area contributed by atoms with Gasteiger partial charge in [0.25, 0.3) is 0 Å². The van der Waals surface area contributed by atoms with Crippen LogP contribution in [0.2, 0.25) is 0 Å². The SMILES string of the molecule is Cc1ccc(NC(=O)N2CCC(CC(F)(F)F)C2)cc1-c1cc(NC[C@@H](C)O)nc(N2CCOCC2)n1. The standard InChI is InChI=1S/C25H33F3N6O3/c1-16-3-4-19(30-24(36)34-6-5-18(15-34)13-25(26,27)28)11-20(16)21-12-22(29-14-17(2)35)32-23(31-21)33-7-9-37-10-8-33/h3-4,11-12,17-18,35H,5-10,13-15H2,1-2H3,(H,30,36)(H,29,31,32)/t17-,18?/m1/s1. The quantitative estimate of drug-likeness (QED) is 0.507. The zero-order valence-corrected chi connectivity index (χ0v) is 21.0. The molecular formula is C25H33F3N6O3. The van der Waals surface area contributed by atoms with Crippen LogP contribution in [0.25, 0.3) is 11.3 Å². The van der Waals surface area contributed by atoms with Crippen molar-refractivity contribution in [2.75, 3.05) is 61.5 Å². The van der Waals surface area contributed by atoms with Gasteiger partial charge in [0.05, 0.1) is 25.0 Å². The van der Waals surface area contributed by atoms with Crippen LogP contribution >= 0.6 is 0 Å².